The Bertz CT molecular complexity index is 569. The number of carbonyl (C=O) groups is 2. The van der Waals surface area contributed by atoms with E-state index in [0.29, 0.717) is 24.0 Å². The zero-order valence-corrected chi connectivity index (χ0v) is 15.8. The molecule has 1 aromatic heterocycles. The zero-order valence-electron chi connectivity index (χ0n) is 14.2. The van der Waals surface area contributed by atoms with Crippen LogP contribution in [0.25, 0.3) is 0 Å². The van der Waals surface area contributed by atoms with Gasteiger partial charge in [-0.15, -0.1) is 24.2 Å². The number of nitrogens with one attached hydrogen (secondary N) is 1. The van der Waals surface area contributed by atoms with Crippen LogP contribution in [0.5, 0.6) is 0 Å². The van der Waals surface area contributed by atoms with Crippen molar-refractivity contribution in [2.24, 2.45) is 11.7 Å². The molecule has 0 aromatic carbocycles. The van der Waals surface area contributed by atoms with Crippen LogP contribution in [0.15, 0.2) is 10.6 Å². The van der Waals surface area contributed by atoms with E-state index in [2.05, 4.69) is 10.5 Å². The van der Waals surface area contributed by atoms with Crippen molar-refractivity contribution in [3.8, 4) is 0 Å². The van der Waals surface area contributed by atoms with E-state index in [0.717, 1.165) is 13.0 Å². The van der Waals surface area contributed by atoms with Gasteiger partial charge in [-0.2, -0.15) is 0 Å². The van der Waals surface area contributed by atoms with Gasteiger partial charge in [-0.1, -0.05) is 5.16 Å². The number of hydrogen-bond donors (Lipinski definition) is 2. The van der Waals surface area contributed by atoms with Crippen LogP contribution in [0.2, 0.25) is 0 Å². The van der Waals surface area contributed by atoms with Crippen molar-refractivity contribution in [1.29, 1.82) is 0 Å². The van der Waals surface area contributed by atoms with E-state index in [1.54, 1.807) is 19.9 Å². The first-order valence-corrected chi connectivity index (χ1v) is 8.81. The lowest BCUT2D eigenvalue weighted by atomic mass is 10.1. The Hall–Kier alpha value is -1.25. The number of halogens is 1. The second-order valence-electron chi connectivity index (χ2n) is 6.00. The molecule has 2 rings (SSSR count). The molecular weight excluding hydrogens is 352 g/mol. The maximum Gasteiger partial charge on any atom is 0.238 e. The van der Waals surface area contributed by atoms with E-state index in [-0.39, 0.29) is 41.3 Å². The van der Waals surface area contributed by atoms with E-state index in [9.17, 15) is 9.59 Å². The standard InChI is InChI=1S/C15H24N4O3S.ClH/c1-9-4-12(6-16)7-19(9)14(20)8-23-11(3)15(21)17-13-5-10(2)22-18-13;/h5,9,11-12H,4,6-8,16H2,1-3H3,(H,17,18,21);1H. The molecule has 1 fully saturated rings. The summed E-state index contributed by atoms with van der Waals surface area (Å²) in [6.07, 6.45) is 0.953. The van der Waals surface area contributed by atoms with Gasteiger partial charge >= 0.3 is 0 Å². The molecule has 3 N–H and O–H groups in total. The lowest BCUT2D eigenvalue weighted by Gasteiger charge is -2.22. The molecule has 2 heterocycles. The normalized spacial score (nSPS) is 21.2. The summed E-state index contributed by atoms with van der Waals surface area (Å²) in [6.45, 7) is 6.90. The van der Waals surface area contributed by atoms with Gasteiger partial charge in [0.2, 0.25) is 11.8 Å². The molecule has 3 atom stereocenters. The number of aryl methyl sites for hydroxylation is 1. The Morgan fingerprint density at radius 1 is 1.58 bits per heavy atom. The van der Waals surface area contributed by atoms with Gasteiger partial charge in [0.15, 0.2) is 5.82 Å². The Morgan fingerprint density at radius 3 is 2.83 bits per heavy atom. The highest BCUT2D eigenvalue weighted by atomic mass is 35.5. The highest BCUT2D eigenvalue weighted by molar-refractivity contribution is 8.01. The summed E-state index contributed by atoms with van der Waals surface area (Å²) < 4.78 is 4.90. The van der Waals surface area contributed by atoms with Crippen molar-refractivity contribution in [1.82, 2.24) is 10.1 Å². The van der Waals surface area contributed by atoms with Crippen LogP contribution < -0.4 is 11.1 Å². The highest BCUT2D eigenvalue weighted by Crippen LogP contribution is 2.24. The molecule has 1 saturated heterocycles. The van der Waals surface area contributed by atoms with Crippen LogP contribution in [0.3, 0.4) is 0 Å². The zero-order chi connectivity index (χ0) is 17.0. The first-order valence-electron chi connectivity index (χ1n) is 7.76. The number of likely N-dealkylation sites (tertiary alicyclic amines) is 1. The Labute approximate surface area is 152 Å². The molecule has 1 aromatic rings. The molecule has 24 heavy (non-hydrogen) atoms. The average molecular weight is 377 g/mol. The summed E-state index contributed by atoms with van der Waals surface area (Å²) in [5, 5.41) is 6.05. The minimum atomic E-state index is -0.348. The molecule has 0 saturated carbocycles. The summed E-state index contributed by atoms with van der Waals surface area (Å²) in [5.74, 6) is 1.57. The number of thioether (sulfide) groups is 1. The minimum absolute atomic E-state index is 0. The summed E-state index contributed by atoms with van der Waals surface area (Å²) >= 11 is 1.32. The molecule has 136 valence electrons. The van der Waals surface area contributed by atoms with Crippen molar-refractivity contribution < 1.29 is 14.1 Å². The fourth-order valence-corrected chi connectivity index (χ4v) is 3.44. The van der Waals surface area contributed by atoms with Gasteiger partial charge in [-0.3, -0.25) is 9.59 Å². The van der Waals surface area contributed by atoms with Gasteiger partial charge in [-0.25, -0.2) is 0 Å². The molecule has 9 heteroatoms. The smallest absolute Gasteiger partial charge is 0.238 e. The van der Waals surface area contributed by atoms with Gasteiger partial charge in [0.1, 0.15) is 5.76 Å². The Kier molecular flexibility index (Phi) is 8.05. The topological polar surface area (TPSA) is 101 Å². The fraction of sp³-hybridized carbons (Fsp3) is 0.667. The van der Waals surface area contributed by atoms with Crippen molar-refractivity contribution in [3.63, 3.8) is 0 Å². The van der Waals surface area contributed by atoms with E-state index in [1.807, 2.05) is 11.8 Å². The summed E-state index contributed by atoms with van der Waals surface area (Å²) in [7, 11) is 0. The Morgan fingerprint density at radius 2 is 2.29 bits per heavy atom. The third-order valence-corrected chi connectivity index (χ3v) is 5.15. The van der Waals surface area contributed by atoms with Crippen LogP contribution in [0, 0.1) is 12.8 Å². The highest BCUT2D eigenvalue weighted by Gasteiger charge is 2.31. The minimum Gasteiger partial charge on any atom is -0.360 e. The predicted molar refractivity (Wildman–Crippen MR) is 97.4 cm³/mol. The van der Waals surface area contributed by atoms with Crippen molar-refractivity contribution in [3.05, 3.63) is 11.8 Å². The second-order valence-corrected chi connectivity index (χ2v) is 7.33. The number of nitrogens with zero attached hydrogens (tertiary/aromatic N) is 2. The number of hydrogen-bond acceptors (Lipinski definition) is 6. The third kappa shape index (κ3) is 5.39. The molecule has 2 amide bonds. The molecule has 0 radical (unpaired) electrons. The SMILES string of the molecule is Cc1cc(NC(=O)C(C)SCC(=O)N2CC(CN)CC2C)no1.Cl. The quantitative estimate of drug-likeness (QED) is 0.782. The monoisotopic (exact) mass is 376 g/mol. The number of amides is 2. The number of rotatable bonds is 6. The van der Waals surface area contributed by atoms with Gasteiger partial charge in [0.25, 0.3) is 0 Å². The van der Waals surface area contributed by atoms with Gasteiger partial charge in [0, 0.05) is 18.7 Å². The molecular formula is C15H25ClN4O3S. The number of carbonyl (C=O) groups excluding carboxylic acids is 2. The van der Waals surface area contributed by atoms with Crippen LogP contribution in [0.1, 0.15) is 26.0 Å². The number of anilines is 1. The van der Waals surface area contributed by atoms with Crippen LogP contribution in [0.4, 0.5) is 5.82 Å². The maximum atomic E-state index is 12.3. The van der Waals surface area contributed by atoms with E-state index >= 15 is 0 Å². The van der Waals surface area contributed by atoms with Crippen LogP contribution in [-0.4, -0.2) is 52.0 Å². The molecule has 0 aliphatic carbocycles. The lowest BCUT2D eigenvalue weighted by molar-refractivity contribution is -0.128. The van der Waals surface area contributed by atoms with Crippen molar-refractivity contribution >= 4 is 41.8 Å². The lowest BCUT2D eigenvalue weighted by Crippen LogP contribution is -2.36. The molecule has 0 bridgehead atoms. The number of nitrogens with two attached hydrogens (primary N) is 1. The van der Waals surface area contributed by atoms with Gasteiger partial charge < -0.3 is 20.5 Å². The maximum absolute atomic E-state index is 12.3. The summed E-state index contributed by atoms with van der Waals surface area (Å²) in [4.78, 5) is 26.2. The molecule has 1 aliphatic heterocycles. The molecule has 3 unspecified atom stereocenters. The predicted octanol–water partition coefficient (Wildman–Crippen LogP) is 1.66. The fourth-order valence-electron chi connectivity index (χ4n) is 2.67. The first-order chi connectivity index (χ1) is 10.9. The van der Waals surface area contributed by atoms with E-state index in [1.165, 1.54) is 11.8 Å². The Balaban J connectivity index is 0.00000288. The van der Waals surface area contributed by atoms with Crippen molar-refractivity contribution in [2.45, 2.75) is 38.5 Å². The van der Waals surface area contributed by atoms with E-state index in [4.69, 9.17) is 10.3 Å². The van der Waals surface area contributed by atoms with Crippen LogP contribution in [-0.2, 0) is 9.59 Å². The summed E-state index contributed by atoms with van der Waals surface area (Å²) in [5.41, 5.74) is 5.69. The summed E-state index contributed by atoms with van der Waals surface area (Å²) in [6, 6.07) is 1.87. The van der Waals surface area contributed by atoms with Gasteiger partial charge in [0.05, 0.1) is 11.0 Å². The molecule has 1 aliphatic rings. The number of aromatic nitrogens is 1. The second kappa shape index (κ2) is 9.29. The van der Waals surface area contributed by atoms with Crippen molar-refractivity contribution in [2.75, 3.05) is 24.2 Å². The molecule has 0 spiro atoms. The average Bonchev–Trinajstić information content (AvgIpc) is 3.09. The first kappa shape index (κ1) is 20.8. The molecule has 7 nitrogen and oxygen atoms in total. The van der Waals surface area contributed by atoms with Crippen LogP contribution >= 0.6 is 24.2 Å². The van der Waals surface area contributed by atoms with E-state index < -0.39 is 0 Å². The van der Waals surface area contributed by atoms with Gasteiger partial charge in [-0.05, 0) is 39.7 Å². The third-order valence-electron chi connectivity index (χ3n) is 4.02. The largest absolute Gasteiger partial charge is 0.360 e.